The second kappa shape index (κ2) is 7.28. The van der Waals surface area contributed by atoms with E-state index in [0.29, 0.717) is 19.3 Å². The molecule has 0 saturated heterocycles. The van der Waals surface area contributed by atoms with Gasteiger partial charge in [0.25, 0.3) is 0 Å². The topological polar surface area (TPSA) is 57.6 Å². The zero-order chi connectivity index (χ0) is 14.4. The molecule has 0 aliphatic heterocycles. The lowest BCUT2D eigenvalue weighted by atomic mass is 10.1. The van der Waals surface area contributed by atoms with E-state index in [0.717, 1.165) is 10.0 Å². The summed E-state index contributed by atoms with van der Waals surface area (Å²) in [5.74, 6) is -1.10. The molecule has 0 heterocycles. The molecule has 0 spiro atoms. The lowest BCUT2D eigenvalue weighted by Crippen LogP contribution is -2.42. The van der Waals surface area contributed by atoms with E-state index in [1.807, 2.05) is 24.3 Å². The largest absolute Gasteiger partial charge is 0.480 e. The standard InChI is InChI=1S/C14H18BrNO3/c1-3-12(14(18)19)16(2)13(17)8-7-10-5-4-6-11(15)9-10/h4-6,9,12H,3,7-8H2,1-2H3,(H,18,19). The molecule has 1 atom stereocenters. The van der Waals surface area contributed by atoms with Crippen LogP contribution in [-0.2, 0) is 16.0 Å². The number of aliphatic carboxylic acids is 1. The van der Waals surface area contributed by atoms with E-state index in [1.54, 1.807) is 14.0 Å². The summed E-state index contributed by atoms with van der Waals surface area (Å²) in [6, 6.07) is 7.01. The first-order chi connectivity index (χ1) is 8.95. The van der Waals surface area contributed by atoms with Gasteiger partial charge in [0.1, 0.15) is 6.04 Å². The number of carbonyl (C=O) groups is 2. The van der Waals surface area contributed by atoms with Gasteiger partial charge in [0, 0.05) is 17.9 Å². The zero-order valence-corrected chi connectivity index (χ0v) is 12.7. The van der Waals surface area contributed by atoms with Crippen LogP contribution >= 0.6 is 15.9 Å². The maximum absolute atomic E-state index is 12.0. The van der Waals surface area contributed by atoms with Crippen LogP contribution in [0.5, 0.6) is 0 Å². The van der Waals surface area contributed by atoms with Crippen LogP contribution in [-0.4, -0.2) is 35.0 Å². The van der Waals surface area contributed by atoms with Crippen molar-refractivity contribution in [2.24, 2.45) is 0 Å². The van der Waals surface area contributed by atoms with Gasteiger partial charge < -0.3 is 10.0 Å². The minimum Gasteiger partial charge on any atom is -0.480 e. The van der Waals surface area contributed by atoms with Gasteiger partial charge in [-0.05, 0) is 30.5 Å². The van der Waals surface area contributed by atoms with Gasteiger partial charge in [0.2, 0.25) is 5.91 Å². The SMILES string of the molecule is CCC(C(=O)O)N(C)C(=O)CCc1cccc(Br)c1. The smallest absolute Gasteiger partial charge is 0.326 e. The first kappa shape index (κ1) is 15.7. The van der Waals surface area contributed by atoms with Crippen LogP contribution in [0.4, 0.5) is 0 Å². The van der Waals surface area contributed by atoms with Crippen molar-refractivity contribution in [1.29, 1.82) is 0 Å². The van der Waals surface area contributed by atoms with Crippen LogP contribution in [0.15, 0.2) is 28.7 Å². The molecule has 1 aromatic carbocycles. The highest BCUT2D eigenvalue weighted by atomic mass is 79.9. The van der Waals surface area contributed by atoms with E-state index in [-0.39, 0.29) is 5.91 Å². The van der Waals surface area contributed by atoms with Gasteiger partial charge >= 0.3 is 5.97 Å². The van der Waals surface area contributed by atoms with Crippen LogP contribution < -0.4 is 0 Å². The lowest BCUT2D eigenvalue weighted by molar-refractivity contribution is -0.149. The molecule has 1 N–H and O–H groups in total. The van der Waals surface area contributed by atoms with E-state index >= 15 is 0 Å². The number of hydrogen-bond donors (Lipinski definition) is 1. The number of carboxylic acids is 1. The fourth-order valence-corrected chi connectivity index (χ4v) is 2.35. The number of hydrogen-bond acceptors (Lipinski definition) is 2. The third-order valence-corrected chi connectivity index (χ3v) is 3.54. The number of aryl methyl sites for hydroxylation is 1. The molecule has 1 aromatic rings. The average molecular weight is 328 g/mol. The first-order valence-electron chi connectivity index (χ1n) is 6.18. The Balaban J connectivity index is 2.57. The van der Waals surface area contributed by atoms with Crippen LogP contribution in [0.3, 0.4) is 0 Å². The molecule has 0 radical (unpaired) electrons. The molecular weight excluding hydrogens is 310 g/mol. The Kier molecular flexibility index (Phi) is 6.02. The number of nitrogens with zero attached hydrogens (tertiary/aromatic N) is 1. The Labute approximate surface area is 121 Å². The van der Waals surface area contributed by atoms with Gasteiger partial charge in [-0.15, -0.1) is 0 Å². The van der Waals surface area contributed by atoms with Crippen LogP contribution in [0.2, 0.25) is 0 Å². The highest BCUT2D eigenvalue weighted by Gasteiger charge is 2.24. The Hall–Kier alpha value is -1.36. The fraction of sp³-hybridized carbons (Fsp3) is 0.429. The molecule has 0 bridgehead atoms. The second-order valence-corrected chi connectivity index (χ2v) is 5.31. The summed E-state index contributed by atoms with van der Waals surface area (Å²) in [7, 11) is 1.55. The van der Waals surface area contributed by atoms with Gasteiger partial charge in [-0.3, -0.25) is 4.79 Å². The Morgan fingerprint density at radius 3 is 2.63 bits per heavy atom. The van der Waals surface area contributed by atoms with Crippen LogP contribution in [0.25, 0.3) is 0 Å². The van der Waals surface area contributed by atoms with Gasteiger partial charge in [0.15, 0.2) is 0 Å². The van der Waals surface area contributed by atoms with Crippen molar-refractivity contribution in [1.82, 2.24) is 4.90 Å². The number of amides is 1. The molecule has 4 nitrogen and oxygen atoms in total. The monoisotopic (exact) mass is 327 g/mol. The summed E-state index contributed by atoms with van der Waals surface area (Å²) in [5.41, 5.74) is 1.06. The van der Waals surface area contributed by atoms with E-state index in [4.69, 9.17) is 5.11 Å². The zero-order valence-electron chi connectivity index (χ0n) is 11.1. The summed E-state index contributed by atoms with van der Waals surface area (Å²) < 4.78 is 0.975. The molecule has 1 unspecified atom stereocenters. The lowest BCUT2D eigenvalue weighted by Gasteiger charge is -2.23. The number of benzene rings is 1. The highest BCUT2D eigenvalue weighted by Crippen LogP contribution is 2.14. The predicted octanol–water partition coefficient (Wildman–Crippen LogP) is 2.70. The third kappa shape index (κ3) is 4.67. The normalized spacial score (nSPS) is 11.9. The summed E-state index contributed by atoms with van der Waals surface area (Å²) in [4.78, 5) is 24.3. The van der Waals surface area contributed by atoms with Crippen molar-refractivity contribution in [2.45, 2.75) is 32.2 Å². The van der Waals surface area contributed by atoms with E-state index < -0.39 is 12.0 Å². The molecule has 0 aromatic heterocycles. The van der Waals surface area contributed by atoms with Gasteiger partial charge in [-0.25, -0.2) is 4.79 Å². The molecule has 0 aliphatic carbocycles. The van der Waals surface area contributed by atoms with Crippen molar-refractivity contribution >= 4 is 27.8 Å². The van der Waals surface area contributed by atoms with Crippen molar-refractivity contribution in [2.75, 3.05) is 7.05 Å². The molecule has 0 saturated carbocycles. The molecule has 1 rings (SSSR count). The van der Waals surface area contributed by atoms with E-state index in [9.17, 15) is 9.59 Å². The Morgan fingerprint density at radius 2 is 2.11 bits per heavy atom. The minimum atomic E-state index is -0.958. The molecule has 0 fully saturated rings. The maximum Gasteiger partial charge on any atom is 0.326 e. The summed E-state index contributed by atoms with van der Waals surface area (Å²) in [6.07, 6.45) is 1.34. The quantitative estimate of drug-likeness (QED) is 0.873. The maximum atomic E-state index is 12.0. The molecule has 104 valence electrons. The van der Waals surface area contributed by atoms with Crippen molar-refractivity contribution in [3.8, 4) is 0 Å². The molecular formula is C14H18BrNO3. The molecule has 1 amide bonds. The summed E-state index contributed by atoms with van der Waals surface area (Å²) in [5, 5.41) is 9.01. The number of likely N-dealkylation sites (N-methyl/N-ethyl adjacent to an activating group) is 1. The molecule has 5 heteroatoms. The Bertz CT molecular complexity index is 462. The number of rotatable bonds is 6. The van der Waals surface area contributed by atoms with Crippen molar-refractivity contribution in [3.05, 3.63) is 34.3 Å². The molecule has 0 aliphatic rings. The van der Waals surface area contributed by atoms with Gasteiger partial charge in [-0.2, -0.15) is 0 Å². The van der Waals surface area contributed by atoms with E-state index in [1.165, 1.54) is 4.90 Å². The third-order valence-electron chi connectivity index (χ3n) is 3.05. The first-order valence-corrected chi connectivity index (χ1v) is 6.98. The summed E-state index contributed by atoms with van der Waals surface area (Å²) in [6.45, 7) is 1.76. The van der Waals surface area contributed by atoms with Crippen molar-refractivity contribution < 1.29 is 14.7 Å². The molecule has 19 heavy (non-hydrogen) atoms. The predicted molar refractivity (Wildman–Crippen MR) is 76.9 cm³/mol. The van der Waals surface area contributed by atoms with Gasteiger partial charge in [0.05, 0.1) is 0 Å². The van der Waals surface area contributed by atoms with Crippen LogP contribution in [0, 0.1) is 0 Å². The van der Waals surface area contributed by atoms with Gasteiger partial charge in [-0.1, -0.05) is 35.0 Å². The minimum absolute atomic E-state index is 0.144. The fourth-order valence-electron chi connectivity index (χ4n) is 1.91. The Morgan fingerprint density at radius 1 is 1.42 bits per heavy atom. The summed E-state index contributed by atoms with van der Waals surface area (Å²) >= 11 is 3.38. The van der Waals surface area contributed by atoms with Crippen LogP contribution in [0.1, 0.15) is 25.3 Å². The second-order valence-electron chi connectivity index (χ2n) is 4.40. The highest BCUT2D eigenvalue weighted by molar-refractivity contribution is 9.10. The number of carboxylic acid groups (broad SMARTS) is 1. The van der Waals surface area contributed by atoms with Crippen molar-refractivity contribution in [3.63, 3.8) is 0 Å². The average Bonchev–Trinajstić information content (AvgIpc) is 2.36. The number of halogens is 1. The number of carbonyl (C=O) groups excluding carboxylic acids is 1. The van der Waals surface area contributed by atoms with E-state index in [2.05, 4.69) is 15.9 Å².